The fourth-order valence-electron chi connectivity index (χ4n) is 3.03. The number of anilines is 1. The van der Waals surface area contributed by atoms with Crippen LogP contribution in [0.25, 0.3) is 0 Å². The minimum atomic E-state index is -3.78. The van der Waals surface area contributed by atoms with Gasteiger partial charge >= 0.3 is 0 Å². The summed E-state index contributed by atoms with van der Waals surface area (Å²) in [7, 11) is -2.29. The predicted octanol–water partition coefficient (Wildman–Crippen LogP) is 2.89. The third kappa shape index (κ3) is 6.45. The maximum Gasteiger partial charge on any atom is 0.244 e. The summed E-state index contributed by atoms with van der Waals surface area (Å²) in [6.07, 6.45) is 1.03. The van der Waals surface area contributed by atoms with Crippen LogP contribution in [0.3, 0.4) is 0 Å². The Hall–Kier alpha value is -2.58. The fraction of sp³-hybridized carbons (Fsp3) is 0.364. The summed E-state index contributed by atoms with van der Waals surface area (Å²) in [5, 5.41) is 2.94. The monoisotopic (exact) mass is 465 g/mol. The van der Waals surface area contributed by atoms with E-state index in [2.05, 4.69) is 5.32 Å². The normalized spacial score (nSPS) is 12.2. The minimum Gasteiger partial charge on any atom is -0.357 e. The molecule has 0 aromatic heterocycles. The van der Waals surface area contributed by atoms with Crippen molar-refractivity contribution in [2.45, 2.75) is 33.4 Å². The van der Waals surface area contributed by atoms with E-state index in [0.717, 1.165) is 27.3 Å². The molecule has 0 aliphatic carbocycles. The number of benzene rings is 2. The molecule has 2 aromatic rings. The number of halogens is 1. The lowest BCUT2D eigenvalue weighted by atomic mass is 10.1. The van der Waals surface area contributed by atoms with Gasteiger partial charge in [-0.3, -0.25) is 13.9 Å². The van der Waals surface area contributed by atoms with E-state index in [1.165, 1.54) is 18.0 Å². The molecular formula is C22H28ClN3O4S. The Kier molecular flexibility index (Phi) is 8.08. The smallest absolute Gasteiger partial charge is 0.244 e. The first-order valence-electron chi connectivity index (χ1n) is 9.74. The van der Waals surface area contributed by atoms with Crippen molar-refractivity contribution in [3.63, 3.8) is 0 Å². The summed E-state index contributed by atoms with van der Waals surface area (Å²) < 4.78 is 25.9. The van der Waals surface area contributed by atoms with Crippen LogP contribution in [0, 0.1) is 13.8 Å². The predicted molar refractivity (Wildman–Crippen MR) is 124 cm³/mol. The van der Waals surface area contributed by atoms with Crippen LogP contribution < -0.4 is 9.62 Å². The number of hydrogen-bond donors (Lipinski definition) is 1. The number of sulfonamides is 1. The fourth-order valence-corrected chi connectivity index (χ4v) is 4.05. The zero-order chi connectivity index (χ0) is 23.3. The van der Waals surface area contributed by atoms with Gasteiger partial charge in [0.05, 0.1) is 11.9 Å². The molecule has 0 fully saturated rings. The van der Waals surface area contributed by atoms with Crippen LogP contribution in [0.5, 0.6) is 0 Å². The average Bonchev–Trinajstić information content (AvgIpc) is 2.71. The molecule has 1 atom stereocenters. The molecule has 0 radical (unpaired) electrons. The number of rotatable bonds is 8. The number of carbonyl (C=O) groups is 2. The largest absolute Gasteiger partial charge is 0.357 e. The molecule has 2 rings (SSSR count). The van der Waals surface area contributed by atoms with Crippen molar-refractivity contribution >= 4 is 39.1 Å². The Balaban J connectivity index is 2.39. The molecular weight excluding hydrogens is 438 g/mol. The van der Waals surface area contributed by atoms with E-state index >= 15 is 0 Å². The summed E-state index contributed by atoms with van der Waals surface area (Å²) >= 11 is 6.17. The third-order valence-electron chi connectivity index (χ3n) is 5.01. The standard InChI is InChI=1S/C22H28ClN3O4S/c1-15-6-9-18(10-7-15)13-25(17(3)22(28)24-4)21(27)14-26(31(5,29)30)19-11-8-16(2)20(23)12-19/h6-12,17H,13-14H2,1-5H3,(H,24,28)/t17-/m1/s1. The zero-order valence-electron chi connectivity index (χ0n) is 18.3. The lowest BCUT2D eigenvalue weighted by Gasteiger charge is -2.31. The first kappa shape index (κ1) is 24.7. The van der Waals surface area contributed by atoms with Gasteiger partial charge in [-0.15, -0.1) is 0 Å². The van der Waals surface area contributed by atoms with Gasteiger partial charge in [0, 0.05) is 18.6 Å². The van der Waals surface area contributed by atoms with Gasteiger partial charge in [-0.1, -0.05) is 47.5 Å². The SMILES string of the molecule is CNC(=O)[C@@H](C)N(Cc1ccc(C)cc1)C(=O)CN(c1ccc(C)c(Cl)c1)S(C)(=O)=O. The quantitative estimate of drug-likeness (QED) is 0.649. The first-order valence-corrected chi connectivity index (χ1v) is 12.0. The Bertz CT molecular complexity index is 1050. The minimum absolute atomic E-state index is 0.167. The second-order valence-electron chi connectivity index (χ2n) is 7.50. The number of amides is 2. The van der Waals surface area contributed by atoms with Gasteiger partial charge in [0.15, 0.2) is 0 Å². The van der Waals surface area contributed by atoms with E-state index in [9.17, 15) is 18.0 Å². The summed E-state index contributed by atoms with van der Waals surface area (Å²) in [5.41, 5.74) is 2.98. The number of aryl methyl sites for hydroxylation is 2. The summed E-state index contributed by atoms with van der Waals surface area (Å²) in [5.74, 6) is -0.844. The van der Waals surface area contributed by atoms with Crippen molar-refractivity contribution in [3.05, 3.63) is 64.2 Å². The van der Waals surface area contributed by atoms with Crippen molar-refractivity contribution in [2.75, 3.05) is 24.2 Å². The van der Waals surface area contributed by atoms with Gasteiger partial charge in [-0.2, -0.15) is 0 Å². The lowest BCUT2D eigenvalue weighted by molar-refractivity contribution is -0.139. The molecule has 0 unspecified atom stereocenters. The van der Waals surface area contributed by atoms with Gasteiger partial charge in [0.1, 0.15) is 12.6 Å². The Morgan fingerprint density at radius 1 is 1.10 bits per heavy atom. The Labute approximate surface area is 189 Å². The molecule has 0 heterocycles. The molecule has 1 N–H and O–H groups in total. The van der Waals surface area contributed by atoms with Crippen LogP contribution in [0.4, 0.5) is 5.69 Å². The Morgan fingerprint density at radius 3 is 2.23 bits per heavy atom. The van der Waals surface area contributed by atoms with Crippen LogP contribution in [0.15, 0.2) is 42.5 Å². The number of carbonyl (C=O) groups excluding carboxylic acids is 2. The number of likely N-dealkylation sites (N-methyl/N-ethyl adjacent to an activating group) is 1. The molecule has 2 aromatic carbocycles. The maximum atomic E-state index is 13.3. The molecule has 31 heavy (non-hydrogen) atoms. The van der Waals surface area contributed by atoms with Crippen molar-refractivity contribution in [2.24, 2.45) is 0 Å². The third-order valence-corrected chi connectivity index (χ3v) is 6.56. The number of nitrogens with one attached hydrogen (secondary N) is 1. The molecule has 0 aliphatic heterocycles. The molecule has 0 spiro atoms. The molecule has 0 aliphatic rings. The van der Waals surface area contributed by atoms with Crippen molar-refractivity contribution in [3.8, 4) is 0 Å². The Morgan fingerprint density at radius 2 is 1.71 bits per heavy atom. The van der Waals surface area contributed by atoms with Gasteiger partial charge in [-0.05, 0) is 44.0 Å². The van der Waals surface area contributed by atoms with Crippen LogP contribution in [-0.2, 0) is 26.2 Å². The summed E-state index contributed by atoms with van der Waals surface area (Å²) in [6, 6.07) is 11.6. The van der Waals surface area contributed by atoms with E-state index in [0.29, 0.717) is 5.02 Å². The van der Waals surface area contributed by atoms with E-state index in [1.807, 2.05) is 31.2 Å². The molecule has 0 bridgehead atoms. The lowest BCUT2D eigenvalue weighted by Crippen LogP contribution is -2.50. The van der Waals surface area contributed by atoms with E-state index < -0.39 is 28.5 Å². The van der Waals surface area contributed by atoms with E-state index in [-0.39, 0.29) is 18.1 Å². The highest BCUT2D eigenvalue weighted by molar-refractivity contribution is 7.92. The number of hydrogen-bond acceptors (Lipinski definition) is 4. The molecule has 0 saturated heterocycles. The van der Waals surface area contributed by atoms with Crippen LogP contribution >= 0.6 is 11.6 Å². The van der Waals surface area contributed by atoms with Crippen LogP contribution in [0.2, 0.25) is 5.02 Å². The van der Waals surface area contributed by atoms with Crippen molar-refractivity contribution in [1.29, 1.82) is 0 Å². The second kappa shape index (κ2) is 10.2. The van der Waals surface area contributed by atoms with Gasteiger partial charge in [0.25, 0.3) is 0 Å². The van der Waals surface area contributed by atoms with Crippen LogP contribution in [0.1, 0.15) is 23.6 Å². The summed E-state index contributed by atoms with van der Waals surface area (Å²) in [6.45, 7) is 5.08. The number of nitrogens with zero attached hydrogens (tertiary/aromatic N) is 2. The van der Waals surface area contributed by atoms with E-state index in [1.54, 1.807) is 26.0 Å². The molecule has 9 heteroatoms. The zero-order valence-corrected chi connectivity index (χ0v) is 19.9. The molecule has 0 saturated carbocycles. The van der Waals surface area contributed by atoms with Crippen molar-refractivity contribution in [1.82, 2.24) is 10.2 Å². The van der Waals surface area contributed by atoms with E-state index in [4.69, 9.17) is 11.6 Å². The maximum absolute atomic E-state index is 13.3. The average molecular weight is 466 g/mol. The highest BCUT2D eigenvalue weighted by Gasteiger charge is 2.29. The first-order chi connectivity index (χ1) is 14.4. The highest BCUT2D eigenvalue weighted by atomic mass is 35.5. The van der Waals surface area contributed by atoms with Gasteiger partial charge < -0.3 is 10.2 Å². The molecule has 168 valence electrons. The van der Waals surface area contributed by atoms with Gasteiger partial charge in [0.2, 0.25) is 21.8 Å². The second-order valence-corrected chi connectivity index (χ2v) is 9.81. The highest BCUT2D eigenvalue weighted by Crippen LogP contribution is 2.25. The van der Waals surface area contributed by atoms with Crippen molar-refractivity contribution < 1.29 is 18.0 Å². The summed E-state index contributed by atoms with van der Waals surface area (Å²) in [4.78, 5) is 26.9. The molecule has 2 amide bonds. The topological polar surface area (TPSA) is 86.8 Å². The van der Waals surface area contributed by atoms with Gasteiger partial charge in [-0.25, -0.2) is 8.42 Å². The van der Waals surface area contributed by atoms with Crippen LogP contribution in [-0.4, -0.2) is 51.0 Å². The molecule has 7 nitrogen and oxygen atoms in total.